The lowest BCUT2D eigenvalue weighted by Crippen LogP contribution is -2.16. The zero-order valence-corrected chi connectivity index (χ0v) is 24.4. The maximum absolute atomic E-state index is 13.0. The molecule has 2 aliphatic rings. The number of ketones is 2. The maximum Gasteiger partial charge on any atom is 0.189 e. The Hall–Kier alpha value is -3.46. The van der Waals surface area contributed by atoms with E-state index in [2.05, 4.69) is 65.8 Å². The van der Waals surface area contributed by atoms with Crippen LogP contribution in [-0.4, -0.2) is 11.6 Å². The van der Waals surface area contributed by atoms with Crippen LogP contribution in [0.4, 0.5) is 0 Å². The smallest absolute Gasteiger partial charge is 0.189 e. The van der Waals surface area contributed by atoms with Crippen molar-refractivity contribution in [2.75, 3.05) is 0 Å². The van der Waals surface area contributed by atoms with Crippen LogP contribution in [0.2, 0.25) is 0 Å². The van der Waals surface area contributed by atoms with Crippen LogP contribution in [0.3, 0.4) is 0 Å². The van der Waals surface area contributed by atoms with E-state index in [9.17, 15) is 9.59 Å². The Morgan fingerprint density at radius 3 is 1.79 bits per heavy atom. The molecule has 39 heavy (non-hydrogen) atoms. The van der Waals surface area contributed by atoms with Crippen molar-refractivity contribution in [1.82, 2.24) is 0 Å². The summed E-state index contributed by atoms with van der Waals surface area (Å²) in [5.74, 6) is 1.67. The van der Waals surface area contributed by atoms with Crippen LogP contribution < -0.4 is 4.74 Å². The lowest BCUT2D eigenvalue weighted by atomic mass is 9.77. The van der Waals surface area contributed by atoms with E-state index in [1.807, 2.05) is 48.6 Å². The fourth-order valence-corrected chi connectivity index (χ4v) is 4.96. The first kappa shape index (κ1) is 28.5. The highest BCUT2D eigenvalue weighted by atomic mass is 16.5. The first-order chi connectivity index (χ1) is 18.5. The lowest BCUT2D eigenvalue weighted by Gasteiger charge is -2.28. The Morgan fingerprint density at radius 2 is 1.28 bits per heavy atom. The Balaban J connectivity index is 1.35. The predicted octanol–water partition coefficient (Wildman–Crippen LogP) is 9.51. The molecule has 0 saturated heterocycles. The van der Waals surface area contributed by atoms with Gasteiger partial charge in [0.15, 0.2) is 11.6 Å². The van der Waals surface area contributed by atoms with Crippen LogP contribution >= 0.6 is 0 Å². The van der Waals surface area contributed by atoms with E-state index in [1.165, 1.54) is 11.1 Å². The Kier molecular flexibility index (Phi) is 8.59. The van der Waals surface area contributed by atoms with Crippen LogP contribution in [-0.2, 0) is 5.41 Å². The van der Waals surface area contributed by atoms with Crippen molar-refractivity contribution in [3.63, 3.8) is 0 Å². The minimum absolute atomic E-state index is 0.0752. The zero-order chi connectivity index (χ0) is 28.2. The summed E-state index contributed by atoms with van der Waals surface area (Å²) in [5.41, 5.74) is 6.01. The summed E-state index contributed by atoms with van der Waals surface area (Å²) < 4.78 is 6.07. The first-order valence-electron chi connectivity index (χ1n) is 14.3. The van der Waals surface area contributed by atoms with Crippen molar-refractivity contribution in [2.45, 2.75) is 85.5 Å². The molecule has 3 heteroatoms. The molecule has 0 heterocycles. The van der Waals surface area contributed by atoms with Gasteiger partial charge in [-0.05, 0) is 78.8 Å². The van der Waals surface area contributed by atoms with Gasteiger partial charge in [0.25, 0.3) is 0 Å². The van der Waals surface area contributed by atoms with Gasteiger partial charge in [-0.2, -0.15) is 0 Å². The van der Waals surface area contributed by atoms with E-state index in [4.69, 9.17) is 4.74 Å². The van der Waals surface area contributed by atoms with E-state index in [0.717, 1.165) is 41.7 Å². The van der Waals surface area contributed by atoms with Crippen molar-refractivity contribution in [3.8, 4) is 5.75 Å². The molecule has 3 nitrogen and oxygen atoms in total. The molecule has 0 atom stereocenters. The van der Waals surface area contributed by atoms with Gasteiger partial charge >= 0.3 is 0 Å². The number of carbonyl (C=O) groups is 2. The maximum atomic E-state index is 13.0. The molecular formula is C36H42O3. The minimum atomic E-state index is 0.0752. The summed E-state index contributed by atoms with van der Waals surface area (Å²) in [5, 5.41) is 0. The van der Waals surface area contributed by atoms with Gasteiger partial charge in [-0.3, -0.25) is 9.59 Å². The summed E-state index contributed by atoms with van der Waals surface area (Å²) in [7, 11) is 0. The molecule has 2 aromatic carbocycles. The third-order valence-corrected chi connectivity index (χ3v) is 8.76. The number of benzene rings is 2. The molecule has 0 saturated carbocycles. The van der Waals surface area contributed by atoms with E-state index in [0.29, 0.717) is 30.6 Å². The normalized spacial score (nSPS) is 16.1. The number of carbonyl (C=O) groups excluding carboxylic acids is 2. The molecule has 0 radical (unpaired) electrons. The van der Waals surface area contributed by atoms with Gasteiger partial charge in [-0.15, -0.1) is 0 Å². The van der Waals surface area contributed by atoms with Crippen molar-refractivity contribution >= 4 is 11.6 Å². The van der Waals surface area contributed by atoms with Gasteiger partial charge < -0.3 is 4.74 Å². The van der Waals surface area contributed by atoms with Gasteiger partial charge in [0, 0.05) is 28.7 Å². The third-order valence-electron chi connectivity index (χ3n) is 8.76. The van der Waals surface area contributed by atoms with Gasteiger partial charge in [0.1, 0.15) is 11.5 Å². The van der Waals surface area contributed by atoms with Crippen LogP contribution in [0.5, 0.6) is 5.75 Å². The summed E-state index contributed by atoms with van der Waals surface area (Å²) in [4.78, 5) is 26.1. The summed E-state index contributed by atoms with van der Waals surface area (Å²) in [6, 6.07) is 15.4. The van der Waals surface area contributed by atoms with Crippen LogP contribution in [0, 0.1) is 5.41 Å². The van der Waals surface area contributed by atoms with Gasteiger partial charge in [-0.25, -0.2) is 0 Å². The van der Waals surface area contributed by atoms with E-state index in [-0.39, 0.29) is 22.4 Å². The molecule has 0 aliphatic heterocycles. The third kappa shape index (κ3) is 6.58. The van der Waals surface area contributed by atoms with Crippen molar-refractivity contribution < 1.29 is 14.3 Å². The summed E-state index contributed by atoms with van der Waals surface area (Å²) in [6.45, 7) is 13.4. The van der Waals surface area contributed by atoms with Crippen molar-refractivity contribution in [1.29, 1.82) is 0 Å². The molecule has 0 N–H and O–H groups in total. The fraction of sp³-hybridized carbons (Fsp3) is 0.389. The number of rotatable bonds is 10. The highest BCUT2D eigenvalue weighted by Crippen LogP contribution is 2.36. The predicted molar refractivity (Wildman–Crippen MR) is 160 cm³/mol. The monoisotopic (exact) mass is 522 g/mol. The molecule has 2 aromatic rings. The molecule has 2 aliphatic carbocycles. The SMILES string of the molecule is CCC(C)(C)C1=CCC(C(=O)c2ccc(OC3=CC=C(C(=O)c4ccc(C(C)(C)CC)cc4)CC3)cc2)=CC1. The zero-order valence-electron chi connectivity index (χ0n) is 24.4. The molecule has 4 rings (SSSR count). The van der Waals surface area contributed by atoms with E-state index in [1.54, 1.807) is 0 Å². The Morgan fingerprint density at radius 1 is 0.692 bits per heavy atom. The largest absolute Gasteiger partial charge is 0.462 e. The highest BCUT2D eigenvalue weighted by molar-refractivity contribution is 6.09. The molecule has 0 fully saturated rings. The Labute approximate surface area is 234 Å². The summed E-state index contributed by atoms with van der Waals surface area (Å²) in [6.07, 6.45) is 13.1. The van der Waals surface area contributed by atoms with Crippen LogP contribution in [0.1, 0.15) is 106 Å². The van der Waals surface area contributed by atoms with Crippen LogP contribution in [0.15, 0.2) is 95.3 Å². The van der Waals surface area contributed by atoms with Gasteiger partial charge in [-0.1, -0.05) is 89.6 Å². The number of ether oxygens (including phenoxy) is 1. The highest BCUT2D eigenvalue weighted by Gasteiger charge is 2.24. The molecule has 0 amide bonds. The molecule has 204 valence electrons. The topological polar surface area (TPSA) is 43.4 Å². The number of Topliss-reactive ketones (excluding diaryl/α,β-unsaturated/α-hetero) is 2. The van der Waals surface area contributed by atoms with E-state index >= 15 is 0 Å². The fourth-order valence-electron chi connectivity index (χ4n) is 4.96. The van der Waals surface area contributed by atoms with Crippen molar-refractivity contribution in [2.24, 2.45) is 5.41 Å². The molecule has 0 spiro atoms. The second-order valence-corrected chi connectivity index (χ2v) is 12.0. The molecule has 0 bridgehead atoms. The van der Waals surface area contributed by atoms with Crippen molar-refractivity contribution in [3.05, 3.63) is 112 Å². The van der Waals surface area contributed by atoms with Gasteiger partial charge in [0.2, 0.25) is 0 Å². The van der Waals surface area contributed by atoms with Gasteiger partial charge in [0.05, 0.1) is 0 Å². The standard InChI is InChI=1S/C36H42O3/c1-7-35(3,4)29-17-9-25(10-18-29)33(37)27-13-21-31(22-14-27)39-32-23-15-28(16-24-32)34(38)26-11-19-30(20-12-26)36(5,6)8-2/h9-11,13,15-18,20-21,23-24H,7-8,12,14,19,22H2,1-6H3. The first-order valence-corrected chi connectivity index (χ1v) is 14.3. The number of allylic oxidation sites excluding steroid dienone is 8. The van der Waals surface area contributed by atoms with Crippen LogP contribution in [0.25, 0.3) is 0 Å². The minimum Gasteiger partial charge on any atom is -0.462 e. The molecule has 0 unspecified atom stereocenters. The summed E-state index contributed by atoms with van der Waals surface area (Å²) >= 11 is 0. The lowest BCUT2D eigenvalue weighted by molar-refractivity contribution is 0.102. The molecule has 0 aromatic heterocycles. The average molecular weight is 523 g/mol. The Bertz CT molecular complexity index is 1340. The quantitative estimate of drug-likeness (QED) is 0.230. The second kappa shape index (κ2) is 11.7. The van der Waals surface area contributed by atoms with E-state index < -0.39 is 0 Å². The molecular weight excluding hydrogens is 480 g/mol. The number of hydrogen-bond donors (Lipinski definition) is 0. The number of hydrogen-bond acceptors (Lipinski definition) is 3. The second-order valence-electron chi connectivity index (χ2n) is 12.0. The average Bonchev–Trinajstić information content (AvgIpc) is 2.97.